The van der Waals surface area contributed by atoms with E-state index in [0.29, 0.717) is 12.5 Å². The summed E-state index contributed by atoms with van der Waals surface area (Å²) < 4.78 is 4.93. The van der Waals surface area contributed by atoms with Crippen molar-refractivity contribution in [1.29, 1.82) is 0 Å². The summed E-state index contributed by atoms with van der Waals surface area (Å²) in [6, 6.07) is 0.842. The minimum atomic E-state index is -0.781. The van der Waals surface area contributed by atoms with Crippen LogP contribution in [0.5, 0.6) is 0 Å². The van der Waals surface area contributed by atoms with E-state index in [2.05, 4.69) is 9.80 Å². The molecule has 0 spiro atoms. The molecule has 1 saturated heterocycles. The van der Waals surface area contributed by atoms with E-state index < -0.39 is 5.54 Å². The predicted octanol–water partition coefficient (Wildman–Crippen LogP) is 0.0469. The summed E-state index contributed by atoms with van der Waals surface area (Å²) in [6.45, 7) is 4.94. The van der Waals surface area contributed by atoms with E-state index in [9.17, 15) is 4.79 Å². The Morgan fingerprint density at radius 2 is 1.84 bits per heavy atom. The first-order valence-corrected chi connectivity index (χ1v) is 7.47. The smallest absolute Gasteiger partial charge is 0.327 e. The molecule has 1 heterocycles. The van der Waals surface area contributed by atoms with Crippen LogP contribution in [0.2, 0.25) is 0 Å². The van der Waals surface area contributed by atoms with Gasteiger partial charge in [0.05, 0.1) is 7.11 Å². The number of piperazine rings is 1. The number of hydrogen-bond acceptors (Lipinski definition) is 5. The van der Waals surface area contributed by atoms with E-state index in [1.165, 1.54) is 20.0 Å². The lowest BCUT2D eigenvalue weighted by Gasteiger charge is -2.39. The second-order valence-electron chi connectivity index (χ2n) is 6.35. The summed E-state index contributed by atoms with van der Waals surface area (Å²) in [5, 5.41) is 0. The maximum absolute atomic E-state index is 12.0. The Kier molecular flexibility index (Phi) is 3.53. The molecule has 5 heteroatoms. The molecule has 2 saturated carbocycles. The molecule has 0 bridgehead atoms. The molecule has 0 aromatic carbocycles. The van der Waals surface area contributed by atoms with Crippen molar-refractivity contribution in [2.45, 2.75) is 37.3 Å². The van der Waals surface area contributed by atoms with E-state index in [-0.39, 0.29) is 5.97 Å². The van der Waals surface area contributed by atoms with Crippen molar-refractivity contribution < 1.29 is 9.53 Å². The Labute approximate surface area is 115 Å². The van der Waals surface area contributed by atoms with E-state index >= 15 is 0 Å². The lowest BCUT2D eigenvalue weighted by molar-refractivity contribution is -0.149. The van der Waals surface area contributed by atoms with Gasteiger partial charge in [-0.15, -0.1) is 0 Å². The van der Waals surface area contributed by atoms with Crippen molar-refractivity contribution in [3.05, 3.63) is 0 Å². The molecule has 19 heavy (non-hydrogen) atoms. The fourth-order valence-electron chi connectivity index (χ4n) is 3.25. The van der Waals surface area contributed by atoms with Gasteiger partial charge >= 0.3 is 5.97 Å². The molecule has 1 unspecified atom stereocenters. The van der Waals surface area contributed by atoms with E-state index in [1.807, 2.05) is 0 Å². The third-order valence-corrected chi connectivity index (χ3v) is 4.83. The normalized spacial score (nSPS) is 28.9. The van der Waals surface area contributed by atoms with Gasteiger partial charge in [-0.3, -0.25) is 14.6 Å². The van der Waals surface area contributed by atoms with Crippen molar-refractivity contribution in [3.63, 3.8) is 0 Å². The molecule has 1 aliphatic heterocycles. The van der Waals surface area contributed by atoms with Crippen LogP contribution in [0.4, 0.5) is 0 Å². The monoisotopic (exact) mass is 267 g/mol. The van der Waals surface area contributed by atoms with Crippen LogP contribution in [-0.4, -0.2) is 67.2 Å². The molecule has 0 amide bonds. The summed E-state index contributed by atoms with van der Waals surface area (Å²) in [7, 11) is 1.44. The second kappa shape index (κ2) is 5.04. The SMILES string of the molecule is COC(=O)C(N)(CN1CCN(C2CC2)CC1)C1CC1. The topological polar surface area (TPSA) is 58.8 Å². The molecule has 0 aromatic heterocycles. The fraction of sp³-hybridized carbons (Fsp3) is 0.929. The molecular weight excluding hydrogens is 242 g/mol. The first-order chi connectivity index (χ1) is 9.13. The quantitative estimate of drug-likeness (QED) is 0.713. The van der Waals surface area contributed by atoms with Gasteiger partial charge in [-0.2, -0.15) is 0 Å². The molecule has 3 aliphatic rings. The van der Waals surface area contributed by atoms with Crippen LogP contribution in [0.1, 0.15) is 25.7 Å². The average molecular weight is 267 g/mol. The first kappa shape index (κ1) is 13.3. The third kappa shape index (κ3) is 2.78. The minimum absolute atomic E-state index is 0.236. The third-order valence-electron chi connectivity index (χ3n) is 4.83. The second-order valence-corrected chi connectivity index (χ2v) is 6.35. The summed E-state index contributed by atoms with van der Waals surface area (Å²) in [5.74, 6) is 0.0843. The van der Waals surface area contributed by atoms with Gasteiger partial charge in [0.25, 0.3) is 0 Å². The number of methoxy groups -OCH3 is 1. The molecule has 2 aliphatic carbocycles. The van der Waals surface area contributed by atoms with E-state index in [4.69, 9.17) is 10.5 Å². The van der Waals surface area contributed by atoms with Gasteiger partial charge in [-0.25, -0.2) is 0 Å². The number of rotatable bonds is 5. The minimum Gasteiger partial charge on any atom is -0.468 e. The summed E-state index contributed by atoms with van der Waals surface area (Å²) in [4.78, 5) is 16.9. The average Bonchev–Trinajstić information content (AvgIpc) is 3.31. The maximum atomic E-state index is 12.0. The molecule has 2 N–H and O–H groups in total. The maximum Gasteiger partial charge on any atom is 0.327 e. The number of nitrogens with zero attached hydrogens (tertiary/aromatic N) is 2. The Bertz CT molecular complexity index is 347. The van der Waals surface area contributed by atoms with Gasteiger partial charge in [0.1, 0.15) is 5.54 Å². The molecule has 3 fully saturated rings. The molecule has 0 radical (unpaired) electrons. The Morgan fingerprint density at radius 1 is 1.21 bits per heavy atom. The van der Waals surface area contributed by atoms with Crippen molar-refractivity contribution in [1.82, 2.24) is 9.80 Å². The number of nitrogens with two attached hydrogens (primary N) is 1. The molecular formula is C14H25N3O2. The number of esters is 1. The van der Waals surface area contributed by atoms with Crippen LogP contribution in [0, 0.1) is 5.92 Å². The largest absolute Gasteiger partial charge is 0.468 e. The molecule has 3 rings (SSSR count). The van der Waals surface area contributed by atoms with Gasteiger partial charge in [0.15, 0.2) is 0 Å². The van der Waals surface area contributed by atoms with Crippen LogP contribution in [0.3, 0.4) is 0 Å². The lowest BCUT2D eigenvalue weighted by atomic mass is 9.93. The molecule has 0 aromatic rings. The lowest BCUT2D eigenvalue weighted by Crippen LogP contribution is -2.61. The van der Waals surface area contributed by atoms with Gasteiger partial charge < -0.3 is 10.5 Å². The zero-order chi connectivity index (χ0) is 13.5. The molecule has 5 nitrogen and oxygen atoms in total. The van der Waals surface area contributed by atoms with Gasteiger partial charge in [-0.1, -0.05) is 0 Å². The van der Waals surface area contributed by atoms with Gasteiger partial charge in [-0.05, 0) is 31.6 Å². The highest BCUT2D eigenvalue weighted by Crippen LogP contribution is 2.39. The van der Waals surface area contributed by atoms with Crippen molar-refractivity contribution in [2.24, 2.45) is 11.7 Å². The fourth-order valence-corrected chi connectivity index (χ4v) is 3.25. The zero-order valence-electron chi connectivity index (χ0n) is 11.8. The Morgan fingerprint density at radius 3 is 2.32 bits per heavy atom. The van der Waals surface area contributed by atoms with Crippen LogP contribution >= 0.6 is 0 Å². The van der Waals surface area contributed by atoms with Gasteiger partial charge in [0.2, 0.25) is 0 Å². The number of carbonyl (C=O) groups is 1. The Balaban J connectivity index is 1.55. The highest BCUT2D eigenvalue weighted by molar-refractivity contribution is 5.81. The van der Waals surface area contributed by atoms with E-state index in [0.717, 1.165) is 45.1 Å². The molecule has 108 valence electrons. The standard InChI is InChI=1S/C14H25N3O2/c1-19-13(18)14(15,11-2-3-11)10-16-6-8-17(9-7-16)12-4-5-12/h11-12H,2-10,15H2,1H3. The van der Waals surface area contributed by atoms with Crippen molar-refractivity contribution in [2.75, 3.05) is 39.8 Å². The van der Waals surface area contributed by atoms with Crippen LogP contribution in [0.25, 0.3) is 0 Å². The van der Waals surface area contributed by atoms with Crippen molar-refractivity contribution >= 4 is 5.97 Å². The van der Waals surface area contributed by atoms with Crippen LogP contribution in [0.15, 0.2) is 0 Å². The van der Waals surface area contributed by atoms with Gasteiger partial charge in [0, 0.05) is 38.8 Å². The first-order valence-electron chi connectivity index (χ1n) is 7.47. The number of hydrogen-bond donors (Lipinski definition) is 1. The van der Waals surface area contributed by atoms with E-state index in [1.54, 1.807) is 0 Å². The van der Waals surface area contributed by atoms with Crippen LogP contribution in [-0.2, 0) is 9.53 Å². The zero-order valence-corrected chi connectivity index (χ0v) is 11.8. The number of carbonyl (C=O) groups excluding carboxylic acids is 1. The summed E-state index contributed by atoms with van der Waals surface area (Å²) in [6.07, 6.45) is 4.86. The highest BCUT2D eigenvalue weighted by Gasteiger charge is 2.50. The summed E-state index contributed by atoms with van der Waals surface area (Å²) >= 11 is 0. The van der Waals surface area contributed by atoms with Crippen LogP contribution < -0.4 is 5.73 Å². The highest BCUT2D eigenvalue weighted by atomic mass is 16.5. The predicted molar refractivity (Wildman–Crippen MR) is 72.7 cm³/mol. The number of ether oxygens (including phenoxy) is 1. The summed E-state index contributed by atoms with van der Waals surface area (Å²) in [5.41, 5.74) is 5.58. The van der Waals surface area contributed by atoms with Crippen molar-refractivity contribution in [3.8, 4) is 0 Å². The molecule has 1 atom stereocenters. The Hall–Kier alpha value is -0.650.